The van der Waals surface area contributed by atoms with Gasteiger partial charge >= 0.3 is 0 Å². The monoisotopic (exact) mass is 489 g/mol. The molecule has 1 aromatic carbocycles. The first kappa shape index (κ1) is 21.1. The second-order valence-corrected chi connectivity index (χ2v) is 9.79. The lowest BCUT2D eigenvalue weighted by molar-refractivity contribution is -0.0750. The van der Waals surface area contributed by atoms with Gasteiger partial charge in [-0.25, -0.2) is 0 Å². The zero-order valence-corrected chi connectivity index (χ0v) is 18.2. The first-order valence-electron chi connectivity index (χ1n) is 10.2. The van der Waals surface area contributed by atoms with E-state index in [-0.39, 0.29) is 27.3 Å². The van der Waals surface area contributed by atoms with Gasteiger partial charge in [-0.05, 0) is 72.4 Å². The van der Waals surface area contributed by atoms with Crippen LogP contribution in [-0.2, 0) is 11.2 Å². The van der Waals surface area contributed by atoms with E-state index in [9.17, 15) is 15.3 Å². The minimum atomic E-state index is -0.355. The molecule has 1 heterocycles. The van der Waals surface area contributed by atoms with Crippen LogP contribution in [0.5, 0.6) is 11.5 Å². The minimum absolute atomic E-state index is 0.000874. The Morgan fingerprint density at radius 3 is 2.70 bits per heavy atom. The average molecular weight is 489 g/mol. The minimum Gasteiger partial charge on any atom is -0.504 e. The Morgan fingerprint density at radius 1 is 1.26 bits per heavy atom. The van der Waals surface area contributed by atoms with Gasteiger partial charge in [0.1, 0.15) is 3.61 Å². The number of benzene rings is 1. The van der Waals surface area contributed by atoms with Crippen molar-refractivity contribution in [3.63, 3.8) is 0 Å². The van der Waals surface area contributed by atoms with E-state index >= 15 is 0 Å². The van der Waals surface area contributed by atoms with Crippen molar-refractivity contribution in [1.29, 1.82) is 0 Å². The van der Waals surface area contributed by atoms with Gasteiger partial charge in [0.05, 0.1) is 12.2 Å². The third-order valence-electron chi connectivity index (χ3n) is 6.07. The Labute approximate surface area is 175 Å². The van der Waals surface area contributed by atoms with Gasteiger partial charge in [-0.1, -0.05) is 32.3 Å². The molecule has 0 saturated heterocycles. The molecule has 1 saturated carbocycles. The largest absolute Gasteiger partial charge is 0.504 e. The van der Waals surface area contributed by atoms with Crippen LogP contribution in [0.4, 0.5) is 0 Å². The summed E-state index contributed by atoms with van der Waals surface area (Å²) < 4.78 is 6.28. The molecule has 0 aromatic heterocycles. The highest BCUT2D eigenvalue weighted by Gasteiger charge is 2.45. The molecule has 0 spiro atoms. The second kappa shape index (κ2) is 9.29. The maximum Gasteiger partial charge on any atom is 0.161 e. The summed E-state index contributed by atoms with van der Waals surface area (Å²) in [5.41, 5.74) is 1.78. The van der Waals surface area contributed by atoms with Crippen molar-refractivity contribution in [2.75, 3.05) is 13.1 Å². The van der Waals surface area contributed by atoms with Gasteiger partial charge in [-0.2, -0.15) is 0 Å². The Bertz CT molecular complexity index is 635. The molecule has 0 radical (unpaired) electrons. The topological polar surface area (TPSA) is 82.0 Å². The predicted octanol–water partition coefficient (Wildman–Crippen LogP) is 4.17. The molecule has 2 aliphatic rings. The number of hydrogen-bond donors (Lipinski definition) is 4. The van der Waals surface area contributed by atoms with Crippen LogP contribution >= 0.6 is 22.6 Å². The van der Waals surface area contributed by atoms with Crippen LogP contribution in [0, 0.1) is 5.92 Å². The number of aliphatic hydroxyl groups is 1. The highest BCUT2D eigenvalue weighted by molar-refractivity contribution is 14.1. The van der Waals surface area contributed by atoms with Gasteiger partial charge in [0.2, 0.25) is 0 Å². The predicted molar refractivity (Wildman–Crippen MR) is 114 cm³/mol. The summed E-state index contributed by atoms with van der Waals surface area (Å²) in [5, 5.41) is 33.7. The van der Waals surface area contributed by atoms with Crippen LogP contribution in [0.3, 0.4) is 0 Å². The van der Waals surface area contributed by atoms with E-state index in [2.05, 4.69) is 27.9 Å². The van der Waals surface area contributed by atoms with Gasteiger partial charge < -0.3 is 25.4 Å². The lowest BCUT2D eigenvalue weighted by Gasteiger charge is -2.45. The maximum atomic E-state index is 10.5. The van der Waals surface area contributed by atoms with E-state index in [0.717, 1.165) is 43.4 Å². The maximum absolute atomic E-state index is 10.5. The normalized spacial score (nSPS) is 27.3. The van der Waals surface area contributed by atoms with E-state index in [4.69, 9.17) is 4.74 Å². The molecule has 0 bridgehead atoms. The van der Waals surface area contributed by atoms with Crippen molar-refractivity contribution >= 4 is 22.6 Å². The van der Waals surface area contributed by atoms with Crippen LogP contribution in [0.1, 0.15) is 69.1 Å². The molecule has 27 heavy (non-hydrogen) atoms. The number of hydrogen-bond acceptors (Lipinski definition) is 5. The number of fused-ring (bicyclic) bond motifs is 1. The molecule has 1 fully saturated rings. The molecule has 1 aliphatic carbocycles. The summed E-state index contributed by atoms with van der Waals surface area (Å²) in [6, 6.07) is 3.42. The molecule has 4 N–H and O–H groups in total. The van der Waals surface area contributed by atoms with Gasteiger partial charge in [0.25, 0.3) is 0 Å². The van der Waals surface area contributed by atoms with Gasteiger partial charge in [-0.3, -0.25) is 0 Å². The van der Waals surface area contributed by atoms with E-state index in [1.165, 1.54) is 19.3 Å². The average Bonchev–Trinajstić information content (AvgIpc) is 2.69. The molecule has 1 aliphatic heterocycles. The zero-order valence-electron chi connectivity index (χ0n) is 16.1. The number of phenolic OH excluding ortho intramolecular Hbond substituents is 2. The molecule has 3 atom stereocenters. The fourth-order valence-corrected chi connectivity index (χ4v) is 5.65. The fourth-order valence-electron chi connectivity index (χ4n) is 4.34. The summed E-state index contributed by atoms with van der Waals surface area (Å²) in [4.78, 5) is 0. The summed E-state index contributed by atoms with van der Waals surface area (Å²) in [7, 11) is 0. The van der Waals surface area contributed by atoms with Crippen LogP contribution in [0.25, 0.3) is 0 Å². The molecule has 3 unspecified atom stereocenters. The quantitative estimate of drug-likeness (QED) is 0.200. The number of alkyl halides is 1. The van der Waals surface area contributed by atoms with Crippen LogP contribution in [0.15, 0.2) is 12.1 Å². The first-order chi connectivity index (χ1) is 12.9. The Balaban J connectivity index is 1.78. The fraction of sp³-hybridized carbons (Fsp3) is 0.714. The number of phenols is 2. The standard InChI is InChI=1S/C21H32INO4/c1-2-15(24)10-11-23-13-19-16-8-9-18(25)20(26)17(16)12-21(22,27-19)14-6-4-3-5-7-14/h8-9,14-15,19,23-26H,2-7,10-13H2,1H3. The summed E-state index contributed by atoms with van der Waals surface area (Å²) in [6.07, 6.45) is 7.72. The molecule has 0 amide bonds. The Kier molecular flexibility index (Phi) is 7.27. The third-order valence-corrected chi connectivity index (χ3v) is 7.59. The van der Waals surface area contributed by atoms with E-state index < -0.39 is 0 Å². The summed E-state index contributed by atoms with van der Waals surface area (Å²) in [6.45, 7) is 3.34. The number of aliphatic hydroxyl groups excluding tert-OH is 1. The lowest BCUT2D eigenvalue weighted by atomic mass is 9.80. The van der Waals surface area contributed by atoms with Crippen molar-refractivity contribution < 1.29 is 20.1 Å². The van der Waals surface area contributed by atoms with Crippen molar-refractivity contribution in [3.05, 3.63) is 23.3 Å². The second-order valence-electron chi connectivity index (χ2n) is 7.96. The van der Waals surface area contributed by atoms with Crippen LogP contribution in [0.2, 0.25) is 0 Å². The Morgan fingerprint density at radius 2 is 2.00 bits per heavy atom. The first-order valence-corrected chi connectivity index (χ1v) is 11.3. The van der Waals surface area contributed by atoms with Gasteiger partial charge in [0.15, 0.2) is 11.5 Å². The van der Waals surface area contributed by atoms with Gasteiger partial charge in [0, 0.05) is 18.5 Å². The van der Waals surface area contributed by atoms with Crippen molar-refractivity contribution in [3.8, 4) is 11.5 Å². The number of halogens is 1. The molecule has 5 nitrogen and oxygen atoms in total. The van der Waals surface area contributed by atoms with Crippen LogP contribution in [-0.4, -0.2) is 38.1 Å². The Hall–Kier alpha value is -0.570. The SMILES string of the molecule is CCC(O)CCNCC1OC(I)(C2CCCCC2)Cc2c1ccc(O)c2O. The van der Waals surface area contributed by atoms with E-state index in [1.807, 2.05) is 13.0 Å². The molecular weight excluding hydrogens is 457 g/mol. The third kappa shape index (κ3) is 4.89. The lowest BCUT2D eigenvalue weighted by Crippen LogP contribution is -2.44. The van der Waals surface area contributed by atoms with E-state index in [1.54, 1.807) is 6.07 Å². The zero-order chi connectivity index (χ0) is 19.4. The van der Waals surface area contributed by atoms with Gasteiger partial charge in [-0.15, -0.1) is 0 Å². The number of nitrogens with one attached hydrogen (secondary N) is 1. The van der Waals surface area contributed by atoms with Crippen LogP contribution < -0.4 is 5.32 Å². The van der Waals surface area contributed by atoms with E-state index in [0.29, 0.717) is 18.9 Å². The molecule has 6 heteroatoms. The number of aromatic hydroxyl groups is 2. The van der Waals surface area contributed by atoms with Crippen molar-refractivity contribution in [1.82, 2.24) is 5.32 Å². The van der Waals surface area contributed by atoms with Crippen molar-refractivity contribution in [2.45, 2.75) is 74.1 Å². The highest BCUT2D eigenvalue weighted by atomic mass is 127. The molecule has 152 valence electrons. The molecular formula is C21H32INO4. The van der Waals surface area contributed by atoms with Crippen molar-refractivity contribution in [2.24, 2.45) is 5.92 Å². The molecule has 3 rings (SSSR count). The smallest absolute Gasteiger partial charge is 0.161 e. The molecule has 1 aromatic rings. The highest BCUT2D eigenvalue weighted by Crippen LogP contribution is 2.51. The number of ether oxygens (including phenoxy) is 1. The summed E-state index contributed by atoms with van der Waals surface area (Å²) >= 11 is 2.44. The number of rotatable bonds is 7. The summed E-state index contributed by atoms with van der Waals surface area (Å²) in [5.74, 6) is 0.404.